The van der Waals surface area contributed by atoms with E-state index in [0.717, 1.165) is 0 Å². The first-order valence-corrected chi connectivity index (χ1v) is 4.53. The first kappa shape index (κ1) is 16.1. The molecule has 0 aromatic rings. The average Bonchev–Trinajstić information content (AvgIpc) is 1.84. The Labute approximate surface area is 112 Å². The molecule has 0 rings (SSSR count). The molecule has 0 aromatic carbocycles. The minimum Gasteiger partial charge on any atom is -0.566 e. The molecule has 3 unspecified atom stereocenters. The van der Waals surface area contributed by atoms with Crippen LogP contribution in [0.1, 0.15) is 0 Å². The summed E-state index contributed by atoms with van der Waals surface area (Å²) >= 11 is 0. The molecule has 0 amide bonds. The van der Waals surface area contributed by atoms with E-state index in [4.69, 9.17) is 10.00 Å². The number of aliphatic hydroxyl groups excluding tert-OH is 1. The van der Waals surface area contributed by atoms with Crippen molar-refractivity contribution >= 4 is 16.5 Å². The van der Waals surface area contributed by atoms with Crippen molar-refractivity contribution in [1.29, 1.82) is 0 Å². The van der Waals surface area contributed by atoms with Crippen molar-refractivity contribution in [3.8, 4) is 0 Å². The van der Waals surface area contributed by atoms with Crippen molar-refractivity contribution in [1.82, 2.24) is 0 Å². The number of hydrogen-bond donors (Lipinski definition) is 2. The maximum absolute atomic E-state index is 9.89. The molecule has 0 saturated carbocycles. The minimum absolute atomic E-state index is 0. The number of hydrogen-bond acceptors (Lipinski definition) is 6. The van der Waals surface area contributed by atoms with Gasteiger partial charge in [0.1, 0.15) is 6.61 Å². The van der Waals surface area contributed by atoms with Gasteiger partial charge in [-0.25, -0.2) is 0 Å². The van der Waals surface area contributed by atoms with E-state index in [1.807, 2.05) is 0 Å². The first-order valence-electron chi connectivity index (χ1n) is 2.31. The van der Waals surface area contributed by atoms with E-state index in [-0.39, 0.29) is 51.4 Å². The van der Waals surface area contributed by atoms with Crippen LogP contribution >= 0.6 is 16.5 Å². The summed E-state index contributed by atoms with van der Waals surface area (Å²) in [5, 5.41) is 8.27. The fourth-order valence-electron chi connectivity index (χ4n) is 0.282. The normalized spacial score (nSPS) is 14.6. The van der Waals surface area contributed by atoms with Crippen molar-refractivity contribution in [2.75, 3.05) is 6.61 Å². The van der Waals surface area contributed by atoms with Gasteiger partial charge in [0.05, 0.1) is 0 Å². The van der Waals surface area contributed by atoms with Gasteiger partial charge in [-0.3, -0.25) is 0 Å². The molecule has 0 aromatic heterocycles. The third-order valence-electron chi connectivity index (χ3n) is 0.560. The molecule has 10 heteroatoms. The van der Waals surface area contributed by atoms with Crippen LogP contribution in [-0.4, -0.2) is 22.9 Å². The molecule has 0 radical (unpaired) electrons. The van der Waals surface area contributed by atoms with Crippen molar-refractivity contribution < 1.29 is 84.5 Å². The Morgan fingerprint density at radius 1 is 1.42 bits per heavy atom. The zero-order chi connectivity index (χ0) is 8.85. The second kappa shape index (κ2) is 9.20. The molecular weight excluding hydrogens is 237 g/mol. The summed E-state index contributed by atoms with van der Waals surface area (Å²) in [6.07, 6.45) is -1.61. The smallest absolute Gasteiger partial charge is 0.566 e. The fraction of sp³-hybridized carbons (Fsp3) is 1.00. The average molecular weight is 242 g/mol. The van der Waals surface area contributed by atoms with Gasteiger partial charge in [0.25, 0.3) is 6.29 Å². The van der Waals surface area contributed by atoms with Crippen LogP contribution in [0.15, 0.2) is 0 Å². The van der Waals surface area contributed by atoms with Gasteiger partial charge in [-0.1, -0.05) is 4.52 Å². The monoisotopic (exact) mass is 242 g/mol. The Kier molecular flexibility index (Phi) is 12.3. The Hall–Kier alpha value is 1.64. The minimum atomic E-state index is -3.20. The van der Waals surface area contributed by atoms with Gasteiger partial charge in [0.15, 0.2) is 0 Å². The van der Waals surface area contributed by atoms with Gasteiger partial charge in [0, 0.05) is 4.57 Å². The van der Waals surface area contributed by atoms with Gasteiger partial charge in [-0.15, -0.1) is 9.42 Å². The van der Waals surface area contributed by atoms with Crippen molar-refractivity contribution in [3.05, 3.63) is 0 Å². The van der Waals surface area contributed by atoms with Crippen LogP contribution in [0.25, 0.3) is 0 Å². The summed E-state index contributed by atoms with van der Waals surface area (Å²) in [5.74, 6) is 0. The van der Waals surface area contributed by atoms with Crippen molar-refractivity contribution in [2.45, 2.75) is 6.29 Å². The van der Waals surface area contributed by atoms with E-state index in [0.29, 0.717) is 0 Å². The molecule has 12 heavy (non-hydrogen) atoms. The van der Waals surface area contributed by atoms with Crippen LogP contribution in [0.2, 0.25) is 0 Å². The van der Waals surface area contributed by atoms with E-state index in [2.05, 4.69) is 9.05 Å². The van der Waals surface area contributed by atoms with Crippen LogP contribution in [0.4, 0.5) is 0 Å². The predicted octanol–water partition coefficient (Wildman–Crippen LogP) is -3.99. The summed E-state index contributed by atoms with van der Waals surface area (Å²) in [5.41, 5.74) is 0. The molecule has 0 saturated heterocycles. The van der Waals surface area contributed by atoms with Crippen LogP contribution in [-0.2, 0) is 18.2 Å². The standard InChI is InChI=1S/C2H4O7P2.K/c3-1-2(8-10(4)5)9-11(6)7;/h2-3H,1H2;/q;+1/p+1. The van der Waals surface area contributed by atoms with Crippen LogP contribution in [0.5, 0.6) is 0 Å². The molecule has 0 heterocycles. The van der Waals surface area contributed by atoms with Crippen LogP contribution in [0, 0.1) is 0 Å². The van der Waals surface area contributed by atoms with E-state index in [1.165, 1.54) is 0 Å². The second-order valence-electron chi connectivity index (χ2n) is 1.28. The van der Waals surface area contributed by atoms with Crippen LogP contribution < -0.4 is 56.3 Å². The van der Waals surface area contributed by atoms with E-state index < -0.39 is 29.4 Å². The van der Waals surface area contributed by atoms with Crippen molar-refractivity contribution in [2.24, 2.45) is 0 Å². The first-order chi connectivity index (χ1) is 5.06. The predicted molar refractivity (Wildman–Crippen MR) is 30.5 cm³/mol. The van der Waals surface area contributed by atoms with Crippen molar-refractivity contribution in [3.63, 3.8) is 0 Å². The third-order valence-corrected chi connectivity index (χ3v) is 1.38. The Bertz CT molecular complexity index is 145. The molecule has 0 bridgehead atoms. The molecule has 0 aliphatic carbocycles. The molecule has 64 valence electrons. The Morgan fingerprint density at radius 2 is 1.92 bits per heavy atom. The molecule has 3 atom stereocenters. The van der Waals surface area contributed by atoms with Crippen LogP contribution in [0.3, 0.4) is 0 Å². The maximum Gasteiger partial charge on any atom is 1.00 e. The fourth-order valence-corrected chi connectivity index (χ4v) is 0.963. The number of aliphatic hydroxyl groups is 1. The summed E-state index contributed by atoms with van der Waals surface area (Å²) in [7, 11) is -6.18. The largest absolute Gasteiger partial charge is 1.00 e. The third kappa shape index (κ3) is 9.72. The van der Waals surface area contributed by atoms with E-state index in [1.54, 1.807) is 0 Å². The molecule has 7 nitrogen and oxygen atoms in total. The Balaban J connectivity index is 0. The summed E-state index contributed by atoms with van der Waals surface area (Å²) in [6.45, 7) is -0.815. The zero-order valence-corrected chi connectivity index (χ0v) is 11.0. The van der Waals surface area contributed by atoms with Gasteiger partial charge in [-0.2, -0.15) is 0 Å². The summed E-state index contributed by atoms with van der Waals surface area (Å²) in [6, 6.07) is 0. The van der Waals surface area contributed by atoms with Gasteiger partial charge in [0.2, 0.25) is 0 Å². The van der Waals surface area contributed by atoms with Gasteiger partial charge in [-0.05, 0) is 4.57 Å². The van der Waals surface area contributed by atoms with Gasteiger partial charge < -0.3 is 10.00 Å². The maximum atomic E-state index is 9.89. The van der Waals surface area contributed by atoms with Gasteiger partial charge >= 0.3 is 67.9 Å². The Morgan fingerprint density at radius 3 is 2.17 bits per heavy atom. The summed E-state index contributed by atoms with van der Waals surface area (Å²) < 4.78 is 27.5. The number of rotatable bonds is 5. The topological polar surface area (TPSA) is 116 Å². The molecule has 0 spiro atoms. The molecule has 0 aliphatic rings. The second-order valence-corrected chi connectivity index (χ2v) is 2.63. The van der Waals surface area contributed by atoms with E-state index in [9.17, 15) is 14.0 Å². The zero-order valence-electron chi connectivity index (χ0n) is 6.11. The molecular formula is C2H5KO7P2+2. The molecule has 0 aliphatic heterocycles. The van der Waals surface area contributed by atoms with E-state index >= 15 is 0 Å². The molecule has 2 N–H and O–H groups in total. The SMILES string of the molecule is O=[P+]([O-])OC(CO)O[P+](=O)O.[K+]. The quantitative estimate of drug-likeness (QED) is 0.287. The molecule has 0 fully saturated rings. The summed E-state index contributed by atoms with van der Waals surface area (Å²) in [4.78, 5) is 17.9.